The number of carbonyl (C=O) groups excluding carboxylic acids is 3. The van der Waals surface area contributed by atoms with Gasteiger partial charge in [-0.25, -0.2) is 0 Å². The second-order valence-electron chi connectivity index (χ2n) is 10.1. The quantitative estimate of drug-likeness (QED) is 0.616. The maximum atomic E-state index is 13.3. The number of ether oxygens (including phenoxy) is 2. The zero-order valence-corrected chi connectivity index (χ0v) is 22.3. The molecule has 1 aromatic carbocycles. The van der Waals surface area contributed by atoms with E-state index in [1.54, 1.807) is 41.3 Å². The first-order valence-electron chi connectivity index (χ1n) is 13.3. The topological polar surface area (TPSA) is 101 Å². The van der Waals surface area contributed by atoms with E-state index in [-0.39, 0.29) is 57.6 Å². The number of hydrogen-bond acceptors (Lipinski definition) is 6. The molecule has 1 N–H and O–H groups in total. The first kappa shape index (κ1) is 29.3. The zero-order valence-electron chi connectivity index (χ0n) is 22.3. The third kappa shape index (κ3) is 7.71. The number of amides is 3. The summed E-state index contributed by atoms with van der Waals surface area (Å²) in [7, 11) is 0. The minimum absolute atomic E-state index is 0.0146. The number of nitrogens with zero attached hydrogens (tertiary/aromatic N) is 3. The van der Waals surface area contributed by atoms with Gasteiger partial charge in [0.05, 0.1) is 37.3 Å². The molecule has 2 aliphatic heterocycles. The van der Waals surface area contributed by atoms with Gasteiger partial charge in [-0.05, 0) is 44.0 Å². The summed E-state index contributed by atoms with van der Waals surface area (Å²) in [6.45, 7) is 2.88. The summed E-state index contributed by atoms with van der Waals surface area (Å²) in [5.41, 5.74) is 0.428. The fourth-order valence-corrected chi connectivity index (χ4v) is 4.80. The molecule has 3 amide bonds. The molecular weight excluding hydrogens is 529 g/mol. The van der Waals surface area contributed by atoms with Crippen molar-refractivity contribution in [3.05, 3.63) is 59.4 Å². The van der Waals surface area contributed by atoms with Crippen LogP contribution in [0.3, 0.4) is 0 Å². The van der Waals surface area contributed by atoms with Crippen molar-refractivity contribution in [1.29, 1.82) is 0 Å². The highest BCUT2D eigenvalue weighted by atomic mass is 19.4. The van der Waals surface area contributed by atoms with Crippen LogP contribution in [0, 0.1) is 6.92 Å². The second-order valence-corrected chi connectivity index (χ2v) is 10.1. The normalized spacial score (nSPS) is 20.9. The molecule has 1 unspecified atom stereocenters. The van der Waals surface area contributed by atoms with E-state index in [0.29, 0.717) is 29.8 Å². The molecule has 2 aliphatic rings. The third-order valence-electron chi connectivity index (χ3n) is 7.04. The Labute approximate surface area is 230 Å². The first-order valence-corrected chi connectivity index (χ1v) is 13.3. The maximum absolute atomic E-state index is 13.3. The van der Waals surface area contributed by atoms with E-state index in [0.717, 1.165) is 5.69 Å². The molecule has 0 radical (unpaired) electrons. The molecule has 1 aromatic heterocycles. The fourth-order valence-electron chi connectivity index (χ4n) is 4.80. The first-order chi connectivity index (χ1) is 19.1. The average Bonchev–Trinajstić information content (AvgIpc) is 2.95. The maximum Gasteiger partial charge on any atom is 0.389 e. The molecule has 12 heteroatoms. The smallest absolute Gasteiger partial charge is 0.389 e. The summed E-state index contributed by atoms with van der Waals surface area (Å²) in [4.78, 5) is 46.5. The highest BCUT2D eigenvalue weighted by Gasteiger charge is 2.40. The number of para-hydroxylation sites is 1. The second kappa shape index (κ2) is 12.7. The number of aryl methyl sites for hydroxylation is 1. The molecule has 1 saturated heterocycles. The van der Waals surface area contributed by atoms with Gasteiger partial charge < -0.3 is 24.6 Å². The SMILES string of the molecule is Cc1ccc(C(=O)N2CCOC3(CCN(C(=O)CCC(F)(F)F)CCCOc4ccccc4C(=O)NC3)C2)cn1. The van der Waals surface area contributed by atoms with Crippen LogP contribution in [0.2, 0.25) is 0 Å². The summed E-state index contributed by atoms with van der Waals surface area (Å²) >= 11 is 0. The lowest BCUT2D eigenvalue weighted by Gasteiger charge is -2.43. The molecule has 2 aromatic rings. The van der Waals surface area contributed by atoms with E-state index in [9.17, 15) is 27.6 Å². The summed E-state index contributed by atoms with van der Waals surface area (Å²) < 4.78 is 50.5. The van der Waals surface area contributed by atoms with Gasteiger partial charge in [0.1, 0.15) is 11.4 Å². The molecule has 3 heterocycles. The third-order valence-corrected chi connectivity index (χ3v) is 7.04. The number of pyridine rings is 1. The van der Waals surface area contributed by atoms with E-state index >= 15 is 0 Å². The molecule has 0 aliphatic carbocycles. The van der Waals surface area contributed by atoms with Crippen molar-refractivity contribution in [3.63, 3.8) is 0 Å². The molecule has 216 valence electrons. The number of aromatic nitrogens is 1. The van der Waals surface area contributed by atoms with Gasteiger partial charge in [-0.1, -0.05) is 12.1 Å². The number of carbonyl (C=O) groups is 3. The lowest BCUT2D eigenvalue weighted by Crippen LogP contribution is -2.59. The molecule has 0 bridgehead atoms. The van der Waals surface area contributed by atoms with E-state index in [1.165, 1.54) is 11.1 Å². The lowest BCUT2D eigenvalue weighted by molar-refractivity contribution is -0.150. The van der Waals surface area contributed by atoms with Gasteiger partial charge >= 0.3 is 6.18 Å². The highest BCUT2D eigenvalue weighted by Crippen LogP contribution is 2.27. The predicted octanol–water partition coefficient (Wildman–Crippen LogP) is 3.37. The Morgan fingerprint density at radius 1 is 1.07 bits per heavy atom. The van der Waals surface area contributed by atoms with Crippen LogP contribution >= 0.6 is 0 Å². The Balaban J connectivity index is 1.58. The molecule has 1 fully saturated rings. The van der Waals surface area contributed by atoms with E-state index in [4.69, 9.17) is 9.47 Å². The molecule has 1 spiro atoms. The summed E-state index contributed by atoms with van der Waals surface area (Å²) in [6, 6.07) is 10.2. The average molecular weight is 563 g/mol. The number of halogens is 3. The van der Waals surface area contributed by atoms with Gasteiger partial charge in [0.25, 0.3) is 11.8 Å². The van der Waals surface area contributed by atoms with Gasteiger partial charge in [0, 0.05) is 44.5 Å². The number of fused-ring (bicyclic) bond motifs is 1. The van der Waals surface area contributed by atoms with Crippen LogP contribution in [0.5, 0.6) is 5.75 Å². The lowest BCUT2D eigenvalue weighted by atomic mass is 9.95. The largest absolute Gasteiger partial charge is 0.493 e. The van der Waals surface area contributed by atoms with Crippen molar-refractivity contribution >= 4 is 17.7 Å². The number of benzene rings is 1. The molecule has 4 rings (SSSR count). The van der Waals surface area contributed by atoms with Crippen LogP contribution < -0.4 is 10.1 Å². The molecule has 9 nitrogen and oxygen atoms in total. The molecule has 0 saturated carbocycles. The predicted molar refractivity (Wildman–Crippen MR) is 139 cm³/mol. The van der Waals surface area contributed by atoms with Crippen LogP contribution in [0.25, 0.3) is 0 Å². The molecule has 40 heavy (non-hydrogen) atoms. The Bertz CT molecular complexity index is 1210. The number of morpholine rings is 1. The van der Waals surface area contributed by atoms with Crippen molar-refractivity contribution < 1.29 is 37.0 Å². The minimum atomic E-state index is -4.45. The summed E-state index contributed by atoms with van der Waals surface area (Å²) in [5, 5.41) is 2.89. The van der Waals surface area contributed by atoms with Crippen molar-refractivity contribution in [2.24, 2.45) is 0 Å². The summed E-state index contributed by atoms with van der Waals surface area (Å²) in [5.74, 6) is -0.902. The number of rotatable bonds is 3. The van der Waals surface area contributed by atoms with Gasteiger partial charge in [-0.15, -0.1) is 0 Å². The Hall–Kier alpha value is -3.67. The van der Waals surface area contributed by atoms with Crippen molar-refractivity contribution in [1.82, 2.24) is 20.1 Å². The fraction of sp³-hybridized carbons (Fsp3) is 0.500. The van der Waals surface area contributed by atoms with Crippen molar-refractivity contribution in [2.45, 2.75) is 44.4 Å². The number of hydrogen-bond donors (Lipinski definition) is 1. The zero-order chi connectivity index (χ0) is 28.8. The Morgan fingerprint density at radius 3 is 2.62 bits per heavy atom. The van der Waals surface area contributed by atoms with Gasteiger partial charge in [0.15, 0.2) is 0 Å². The van der Waals surface area contributed by atoms with Crippen LogP contribution in [0.15, 0.2) is 42.6 Å². The summed E-state index contributed by atoms with van der Waals surface area (Å²) in [6.07, 6.45) is -4.27. The number of nitrogens with one attached hydrogen (secondary N) is 1. The van der Waals surface area contributed by atoms with Crippen LogP contribution in [-0.2, 0) is 9.53 Å². The van der Waals surface area contributed by atoms with Crippen LogP contribution in [0.1, 0.15) is 52.1 Å². The highest BCUT2D eigenvalue weighted by molar-refractivity contribution is 5.97. The van der Waals surface area contributed by atoms with Crippen molar-refractivity contribution in [2.75, 3.05) is 45.9 Å². The number of alkyl halides is 3. The van der Waals surface area contributed by atoms with Gasteiger partial charge in [0.2, 0.25) is 5.91 Å². The standard InChI is InChI=1S/C28H33F3N4O5/c1-20-7-8-21(17-32-20)26(38)35-14-16-40-27(19-35)11-13-34(24(36)9-10-28(29,30)31)12-4-15-39-23-6-3-2-5-22(23)25(37)33-18-27/h2-3,5-8,17H,4,9-16,18-19H2,1H3,(H,33,37). The minimum Gasteiger partial charge on any atom is -0.493 e. The van der Waals surface area contributed by atoms with E-state index in [2.05, 4.69) is 10.3 Å². The van der Waals surface area contributed by atoms with Gasteiger partial charge in [-0.3, -0.25) is 19.4 Å². The van der Waals surface area contributed by atoms with Crippen LogP contribution in [0.4, 0.5) is 13.2 Å². The van der Waals surface area contributed by atoms with Gasteiger partial charge in [-0.2, -0.15) is 13.2 Å². The molecular formula is C28H33F3N4O5. The Morgan fingerprint density at radius 2 is 1.88 bits per heavy atom. The Kier molecular flexibility index (Phi) is 9.28. The van der Waals surface area contributed by atoms with Crippen molar-refractivity contribution in [3.8, 4) is 5.75 Å². The van der Waals surface area contributed by atoms with E-state index in [1.807, 2.05) is 6.92 Å². The monoisotopic (exact) mass is 562 g/mol. The molecule has 1 atom stereocenters. The van der Waals surface area contributed by atoms with E-state index < -0.39 is 30.5 Å². The van der Waals surface area contributed by atoms with Crippen LogP contribution in [-0.4, -0.2) is 90.2 Å².